The van der Waals surface area contributed by atoms with Crippen molar-refractivity contribution in [2.75, 3.05) is 24.2 Å². The van der Waals surface area contributed by atoms with Gasteiger partial charge < -0.3 is 15.5 Å². The molecule has 7 heteroatoms. The van der Waals surface area contributed by atoms with Gasteiger partial charge in [-0.2, -0.15) is 0 Å². The third-order valence-corrected chi connectivity index (χ3v) is 7.84. The lowest BCUT2D eigenvalue weighted by molar-refractivity contribution is 0.0796. The normalized spacial score (nSPS) is 11.1. The highest BCUT2D eigenvalue weighted by molar-refractivity contribution is 6.05. The van der Waals surface area contributed by atoms with E-state index in [0.29, 0.717) is 23.6 Å². The highest BCUT2D eigenvalue weighted by Gasteiger charge is 2.16. The Balaban J connectivity index is 1.24. The molecule has 0 aliphatic rings. The molecule has 2 N–H and O–H groups in total. The van der Waals surface area contributed by atoms with Crippen LogP contribution in [0.1, 0.15) is 58.2 Å². The Morgan fingerprint density at radius 2 is 1.49 bits per heavy atom. The number of aromatic nitrogens is 2. The number of rotatable bonds is 9. The van der Waals surface area contributed by atoms with Gasteiger partial charge in [-0.25, -0.2) is 9.97 Å². The highest BCUT2D eigenvalue weighted by atomic mass is 16.2. The Kier molecular flexibility index (Phi) is 9.38. The zero-order valence-electron chi connectivity index (χ0n) is 26.5. The monoisotopic (exact) mass is 597 g/mol. The summed E-state index contributed by atoms with van der Waals surface area (Å²) in [6, 6.07) is 32.8. The van der Waals surface area contributed by atoms with Crippen LogP contribution >= 0.6 is 0 Å². The maximum Gasteiger partial charge on any atom is 0.255 e. The number of likely N-dealkylation sites (N-methyl/N-ethyl adjacent to an activating group) is 1. The van der Waals surface area contributed by atoms with E-state index in [1.165, 1.54) is 11.1 Å². The molecule has 1 heterocycles. The molecule has 0 atom stereocenters. The molecule has 5 aromatic rings. The van der Waals surface area contributed by atoms with Crippen LogP contribution in [-0.2, 0) is 11.8 Å². The number of hydrogen-bond donors (Lipinski definition) is 2. The van der Waals surface area contributed by atoms with E-state index in [1.54, 1.807) is 23.2 Å². The SMILES string of the molecule is Cc1c(NC(=O)c2ccc(C(C)(C)C)cc2)cccc1-c1ccnc(Nc2ccc(C(=O)N(C)CCc3ccccc3)cc2)n1. The summed E-state index contributed by atoms with van der Waals surface area (Å²) in [7, 11) is 1.82. The molecule has 1 aromatic heterocycles. The summed E-state index contributed by atoms with van der Waals surface area (Å²) in [5.41, 5.74) is 7.63. The van der Waals surface area contributed by atoms with Gasteiger partial charge in [-0.05, 0) is 84.0 Å². The number of carbonyl (C=O) groups is 2. The first kappa shape index (κ1) is 31.1. The largest absolute Gasteiger partial charge is 0.341 e. The van der Waals surface area contributed by atoms with Crippen molar-refractivity contribution in [1.82, 2.24) is 14.9 Å². The third-order valence-electron chi connectivity index (χ3n) is 7.84. The Morgan fingerprint density at radius 3 is 2.18 bits per heavy atom. The van der Waals surface area contributed by atoms with Gasteiger partial charge >= 0.3 is 0 Å². The molecule has 0 saturated carbocycles. The van der Waals surface area contributed by atoms with Crippen LogP contribution in [0, 0.1) is 6.92 Å². The van der Waals surface area contributed by atoms with E-state index >= 15 is 0 Å². The molecule has 0 unspecified atom stereocenters. The third kappa shape index (κ3) is 7.81. The fraction of sp³-hybridized carbons (Fsp3) is 0.211. The molecule has 45 heavy (non-hydrogen) atoms. The first-order valence-corrected chi connectivity index (χ1v) is 15.1. The van der Waals surface area contributed by atoms with E-state index in [0.717, 1.165) is 34.6 Å². The molecule has 2 amide bonds. The lowest BCUT2D eigenvalue weighted by Gasteiger charge is -2.19. The minimum Gasteiger partial charge on any atom is -0.341 e. The van der Waals surface area contributed by atoms with Crippen molar-refractivity contribution in [3.05, 3.63) is 137 Å². The van der Waals surface area contributed by atoms with Crippen LogP contribution in [0.3, 0.4) is 0 Å². The molecule has 0 saturated heterocycles. The van der Waals surface area contributed by atoms with Crippen molar-refractivity contribution >= 4 is 29.1 Å². The van der Waals surface area contributed by atoms with Gasteiger partial charge in [-0.15, -0.1) is 0 Å². The maximum atomic E-state index is 13.1. The molecule has 5 rings (SSSR count). The summed E-state index contributed by atoms with van der Waals surface area (Å²) < 4.78 is 0. The van der Waals surface area contributed by atoms with E-state index in [-0.39, 0.29) is 17.2 Å². The summed E-state index contributed by atoms with van der Waals surface area (Å²) in [4.78, 5) is 36.9. The predicted octanol–water partition coefficient (Wildman–Crippen LogP) is 8.06. The van der Waals surface area contributed by atoms with Crippen molar-refractivity contribution in [2.24, 2.45) is 0 Å². The van der Waals surface area contributed by atoms with E-state index < -0.39 is 0 Å². The molecule has 0 aliphatic heterocycles. The molecule has 0 bridgehead atoms. The summed E-state index contributed by atoms with van der Waals surface area (Å²) in [6.45, 7) is 9.06. The first-order valence-electron chi connectivity index (χ1n) is 15.1. The van der Waals surface area contributed by atoms with Gasteiger partial charge in [-0.3, -0.25) is 9.59 Å². The number of carbonyl (C=O) groups excluding carboxylic acids is 2. The minimum atomic E-state index is -0.162. The van der Waals surface area contributed by atoms with Crippen molar-refractivity contribution in [3.63, 3.8) is 0 Å². The van der Waals surface area contributed by atoms with Gasteiger partial charge in [0.15, 0.2) is 0 Å². The van der Waals surface area contributed by atoms with Crippen LogP contribution in [0.5, 0.6) is 0 Å². The molecule has 4 aromatic carbocycles. The Morgan fingerprint density at radius 1 is 0.800 bits per heavy atom. The number of amides is 2. The van der Waals surface area contributed by atoms with Gasteiger partial charge in [0, 0.05) is 47.9 Å². The van der Waals surface area contributed by atoms with Gasteiger partial charge in [0.1, 0.15) is 0 Å². The summed E-state index contributed by atoms with van der Waals surface area (Å²) in [5, 5.41) is 6.30. The highest BCUT2D eigenvalue weighted by Crippen LogP contribution is 2.29. The van der Waals surface area contributed by atoms with Crippen LogP contribution in [0.4, 0.5) is 17.3 Å². The fourth-order valence-electron chi connectivity index (χ4n) is 5.02. The van der Waals surface area contributed by atoms with Crippen LogP contribution in [0.15, 0.2) is 109 Å². The smallest absolute Gasteiger partial charge is 0.255 e. The van der Waals surface area contributed by atoms with Gasteiger partial charge in [0.05, 0.1) is 5.69 Å². The zero-order chi connectivity index (χ0) is 32.0. The van der Waals surface area contributed by atoms with Crippen LogP contribution in [0.2, 0.25) is 0 Å². The molecule has 0 aliphatic carbocycles. The summed E-state index contributed by atoms with van der Waals surface area (Å²) in [6.07, 6.45) is 2.50. The van der Waals surface area contributed by atoms with Gasteiger partial charge in [-0.1, -0.05) is 75.4 Å². The quantitative estimate of drug-likeness (QED) is 0.179. The van der Waals surface area contributed by atoms with Crippen LogP contribution in [-0.4, -0.2) is 40.3 Å². The second-order valence-corrected chi connectivity index (χ2v) is 12.2. The Bertz CT molecular complexity index is 1780. The van der Waals surface area contributed by atoms with Gasteiger partial charge in [0.25, 0.3) is 11.8 Å². The summed E-state index contributed by atoms with van der Waals surface area (Å²) in [5.74, 6) is 0.240. The Hall–Kier alpha value is -5.30. The van der Waals surface area contributed by atoms with Crippen LogP contribution < -0.4 is 10.6 Å². The average Bonchev–Trinajstić information content (AvgIpc) is 3.05. The van der Waals surface area contributed by atoms with Crippen molar-refractivity contribution in [1.29, 1.82) is 0 Å². The summed E-state index contributed by atoms with van der Waals surface area (Å²) >= 11 is 0. The van der Waals surface area contributed by atoms with Crippen molar-refractivity contribution in [3.8, 4) is 11.3 Å². The van der Waals surface area contributed by atoms with E-state index in [1.807, 2.05) is 92.8 Å². The molecule has 228 valence electrons. The average molecular weight is 598 g/mol. The number of anilines is 3. The maximum absolute atomic E-state index is 13.1. The standard InChI is InChI=1S/C38H39N5O2/c1-26-32(12-9-13-33(26)41-35(44)28-14-18-30(19-15-28)38(2,3)4)34-22-24-39-37(42-34)40-31-20-16-29(17-21-31)36(45)43(5)25-23-27-10-7-6-8-11-27/h6-22,24H,23,25H2,1-5H3,(H,41,44)(H,39,40,42). The molecule has 7 nitrogen and oxygen atoms in total. The number of nitrogens with one attached hydrogen (secondary N) is 2. The van der Waals surface area contributed by atoms with Crippen molar-refractivity contribution < 1.29 is 9.59 Å². The predicted molar refractivity (Wildman–Crippen MR) is 182 cm³/mol. The Labute approximate surface area is 265 Å². The number of hydrogen-bond acceptors (Lipinski definition) is 5. The molecular weight excluding hydrogens is 558 g/mol. The minimum absolute atomic E-state index is 0.0212. The van der Waals surface area contributed by atoms with E-state index in [9.17, 15) is 9.59 Å². The lowest BCUT2D eigenvalue weighted by atomic mass is 9.86. The topological polar surface area (TPSA) is 87.2 Å². The molecule has 0 radical (unpaired) electrons. The molecular formula is C38H39N5O2. The second-order valence-electron chi connectivity index (χ2n) is 12.2. The number of benzene rings is 4. The lowest BCUT2D eigenvalue weighted by Crippen LogP contribution is -2.28. The molecule has 0 spiro atoms. The number of nitrogens with zero attached hydrogens (tertiary/aromatic N) is 3. The van der Waals surface area contributed by atoms with E-state index in [4.69, 9.17) is 4.98 Å². The molecule has 0 fully saturated rings. The van der Waals surface area contributed by atoms with E-state index in [2.05, 4.69) is 48.5 Å². The van der Waals surface area contributed by atoms with Crippen molar-refractivity contribution in [2.45, 2.75) is 39.5 Å². The second kappa shape index (κ2) is 13.6. The van der Waals surface area contributed by atoms with Crippen LogP contribution in [0.25, 0.3) is 11.3 Å². The van der Waals surface area contributed by atoms with Gasteiger partial charge in [0.2, 0.25) is 5.95 Å². The zero-order valence-corrected chi connectivity index (χ0v) is 26.5. The fourth-order valence-corrected chi connectivity index (χ4v) is 5.02. The first-order chi connectivity index (χ1) is 21.6.